The average molecular weight is 374 g/mol. The molecular formula is C18H22N4O3S. The second kappa shape index (κ2) is 9.10. The van der Waals surface area contributed by atoms with E-state index in [1.165, 1.54) is 17.4 Å². The Morgan fingerprint density at radius 3 is 2.54 bits per heavy atom. The number of rotatable bonds is 7. The molecule has 2 aromatic rings. The van der Waals surface area contributed by atoms with Crippen LogP contribution in [0.25, 0.3) is 6.08 Å². The number of carbonyl (C=O) groups is 2. The molecule has 0 atom stereocenters. The van der Waals surface area contributed by atoms with Crippen LogP contribution in [0, 0.1) is 0 Å². The number of hydrogen-bond donors (Lipinski definition) is 2. The van der Waals surface area contributed by atoms with E-state index in [1.54, 1.807) is 6.08 Å². The Morgan fingerprint density at radius 1 is 1.15 bits per heavy atom. The zero-order valence-electron chi connectivity index (χ0n) is 15.0. The van der Waals surface area contributed by atoms with Gasteiger partial charge in [-0.3, -0.25) is 14.9 Å². The third kappa shape index (κ3) is 7.43. The van der Waals surface area contributed by atoms with E-state index in [0.29, 0.717) is 16.8 Å². The quantitative estimate of drug-likeness (QED) is 0.570. The van der Waals surface area contributed by atoms with Crippen LogP contribution in [0.1, 0.15) is 32.8 Å². The number of aromatic nitrogens is 2. The Kier molecular flexibility index (Phi) is 6.85. The zero-order chi connectivity index (χ0) is 19.0. The lowest BCUT2D eigenvalue weighted by Gasteiger charge is -2.19. The fourth-order valence-corrected chi connectivity index (χ4v) is 2.56. The van der Waals surface area contributed by atoms with E-state index in [4.69, 9.17) is 4.74 Å². The number of anilines is 2. The van der Waals surface area contributed by atoms with Crippen LogP contribution in [0.2, 0.25) is 0 Å². The summed E-state index contributed by atoms with van der Waals surface area (Å²) in [5.74, 6) is -0.570. The molecule has 0 aliphatic carbocycles. The Hall–Kier alpha value is -2.74. The maximum absolute atomic E-state index is 11.9. The molecule has 1 amide bonds. The normalized spacial score (nSPS) is 11.3. The smallest absolute Gasteiger partial charge is 0.308 e. The summed E-state index contributed by atoms with van der Waals surface area (Å²) >= 11 is 1.20. The fourth-order valence-electron chi connectivity index (χ4n) is 1.89. The Morgan fingerprint density at radius 2 is 1.85 bits per heavy atom. The van der Waals surface area contributed by atoms with E-state index < -0.39 is 5.60 Å². The molecule has 0 bridgehead atoms. The van der Waals surface area contributed by atoms with Crippen LogP contribution in [0.5, 0.6) is 0 Å². The molecule has 1 aromatic carbocycles. The highest BCUT2D eigenvalue weighted by Gasteiger charge is 2.16. The Balaban J connectivity index is 1.76. The molecular weight excluding hydrogens is 352 g/mol. The lowest BCUT2D eigenvalue weighted by molar-refractivity contribution is -0.154. The number of benzene rings is 1. The van der Waals surface area contributed by atoms with E-state index in [0.717, 1.165) is 5.56 Å². The zero-order valence-corrected chi connectivity index (χ0v) is 15.8. The highest BCUT2D eigenvalue weighted by molar-refractivity contribution is 7.19. The minimum Gasteiger partial charge on any atom is -0.460 e. The van der Waals surface area contributed by atoms with E-state index in [9.17, 15) is 9.59 Å². The van der Waals surface area contributed by atoms with Crippen molar-refractivity contribution in [2.24, 2.45) is 0 Å². The summed E-state index contributed by atoms with van der Waals surface area (Å²) in [4.78, 5) is 23.5. The molecule has 8 heteroatoms. The van der Waals surface area contributed by atoms with Gasteiger partial charge in [0.05, 0.1) is 6.42 Å². The number of carbonyl (C=O) groups excluding carboxylic acids is 2. The molecule has 0 aliphatic heterocycles. The monoisotopic (exact) mass is 374 g/mol. The maximum atomic E-state index is 11.9. The van der Waals surface area contributed by atoms with Crippen LogP contribution < -0.4 is 10.6 Å². The molecule has 0 fully saturated rings. The lowest BCUT2D eigenvalue weighted by Crippen LogP contribution is -2.25. The summed E-state index contributed by atoms with van der Waals surface area (Å²) in [6.45, 7) is 5.85. The van der Waals surface area contributed by atoms with Crippen molar-refractivity contribution in [2.45, 2.75) is 32.8 Å². The third-order valence-electron chi connectivity index (χ3n) is 2.91. The minimum absolute atomic E-state index is 0.221. The molecule has 1 aromatic heterocycles. The van der Waals surface area contributed by atoms with Crippen molar-refractivity contribution in [1.82, 2.24) is 10.2 Å². The Bertz CT molecular complexity index is 766. The summed E-state index contributed by atoms with van der Waals surface area (Å²) in [6, 6.07) is 9.52. The molecule has 0 unspecified atom stereocenters. The molecule has 7 nitrogen and oxygen atoms in total. The summed E-state index contributed by atoms with van der Waals surface area (Å²) in [6.07, 6.45) is 3.38. The summed E-state index contributed by atoms with van der Waals surface area (Å²) in [5, 5.41) is 14.4. The van der Waals surface area contributed by atoms with Crippen LogP contribution in [-0.2, 0) is 14.3 Å². The number of hydrogen-bond acceptors (Lipinski definition) is 7. The van der Waals surface area contributed by atoms with Crippen molar-refractivity contribution in [1.29, 1.82) is 0 Å². The fraction of sp³-hybridized carbons (Fsp3) is 0.333. The largest absolute Gasteiger partial charge is 0.460 e. The van der Waals surface area contributed by atoms with Crippen molar-refractivity contribution in [3.8, 4) is 0 Å². The third-order valence-corrected chi connectivity index (χ3v) is 3.70. The van der Waals surface area contributed by atoms with E-state index in [-0.39, 0.29) is 18.3 Å². The van der Waals surface area contributed by atoms with Gasteiger partial charge in [0.2, 0.25) is 16.2 Å². The molecule has 0 aliphatic rings. The second-order valence-electron chi connectivity index (χ2n) is 6.41. The predicted octanol–water partition coefficient (Wildman–Crippen LogP) is 3.33. The molecule has 26 heavy (non-hydrogen) atoms. The van der Waals surface area contributed by atoms with Gasteiger partial charge >= 0.3 is 5.97 Å². The van der Waals surface area contributed by atoms with Crippen LogP contribution in [0.3, 0.4) is 0 Å². The van der Waals surface area contributed by atoms with Gasteiger partial charge in [-0.1, -0.05) is 41.7 Å². The van der Waals surface area contributed by atoms with Gasteiger partial charge in [-0.2, -0.15) is 0 Å². The van der Waals surface area contributed by atoms with Gasteiger partial charge < -0.3 is 10.1 Å². The summed E-state index contributed by atoms with van der Waals surface area (Å²) in [5.41, 5.74) is 0.439. The molecule has 0 radical (unpaired) electrons. The van der Waals surface area contributed by atoms with Crippen LogP contribution in [-0.4, -0.2) is 34.2 Å². The first-order chi connectivity index (χ1) is 12.3. The lowest BCUT2D eigenvalue weighted by atomic mass is 10.2. The number of nitrogens with zero attached hydrogens (tertiary/aromatic N) is 2. The summed E-state index contributed by atoms with van der Waals surface area (Å²) < 4.78 is 5.22. The molecule has 2 N–H and O–H groups in total. The first kappa shape index (κ1) is 19.6. The molecule has 1 heterocycles. The number of esters is 1. The first-order valence-electron chi connectivity index (χ1n) is 8.15. The van der Waals surface area contributed by atoms with E-state index in [2.05, 4.69) is 20.8 Å². The second-order valence-corrected chi connectivity index (χ2v) is 7.39. The topological polar surface area (TPSA) is 93.2 Å². The number of nitrogens with one attached hydrogen (secondary N) is 2. The number of amides is 1. The van der Waals surface area contributed by atoms with E-state index >= 15 is 0 Å². The maximum Gasteiger partial charge on any atom is 0.308 e. The van der Waals surface area contributed by atoms with Crippen molar-refractivity contribution >= 4 is 39.6 Å². The first-order valence-corrected chi connectivity index (χ1v) is 8.97. The van der Waals surface area contributed by atoms with Crippen molar-refractivity contribution in [3.05, 3.63) is 42.0 Å². The summed E-state index contributed by atoms with van der Waals surface area (Å²) in [7, 11) is 0. The van der Waals surface area contributed by atoms with Crippen molar-refractivity contribution < 1.29 is 14.3 Å². The van der Waals surface area contributed by atoms with Crippen LogP contribution >= 0.6 is 11.3 Å². The molecule has 138 valence electrons. The van der Waals surface area contributed by atoms with Gasteiger partial charge in [0.1, 0.15) is 5.60 Å². The highest BCUT2D eigenvalue weighted by Crippen LogP contribution is 2.20. The molecule has 2 rings (SSSR count). The van der Waals surface area contributed by atoms with Gasteiger partial charge in [0.25, 0.3) is 0 Å². The predicted molar refractivity (Wildman–Crippen MR) is 103 cm³/mol. The number of ether oxygens (including phenoxy) is 1. The highest BCUT2D eigenvalue weighted by atomic mass is 32.1. The van der Waals surface area contributed by atoms with Gasteiger partial charge in [-0.15, -0.1) is 10.2 Å². The van der Waals surface area contributed by atoms with E-state index in [1.807, 2.05) is 51.1 Å². The van der Waals surface area contributed by atoms with Crippen LogP contribution in [0.15, 0.2) is 36.4 Å². The molecule has 0 saturated carbocycles. The van der Waals surface area contributed by atoms with Crippen molar-refractivity contribution in [3.63, 3.8) is 0 Å². The standard InChI is InChI=1S/C18H22N4O3S/c1-18(2,3)25-15(24)11-12-19-16-21-22-17(26-16)20-14(23)10-9-13-7-5-4-6-8-13/h4-10H,11-12H2,1-3H3,(H,19,21)(H,20,22,23)/b10-9+. The molecule has 0 spiro atoms. The van der Waals surface area contributed by atoms with Crippen LogP contribution in [0.4, 0.5) is 10.3 Å². The average Bonchev–Trinajstić information content (AvgIpc) is 2.99. The Labute approximate surface area is 156 Å². The van der Waals surface area contributed by atoms with Gasteiger partial charge in [-0.25, -0.2) is 0 Å². The van der Waals surface area contributed by atoms with Gasteiger partial charge in [-0.05, 0) is 32.4 Å². The minimum atomic E-state index is -0.495. The van der Waals surface area contributed by atoms with Crippen molar-refractivity contribution in [2.75, 3.05) is 17.2 Å². The van der Waals surface area contributed by atoms with Gasteiger partial charge in [0.15, 0.2) is 0 Å². The SMILES string of the molecule is CC(C)(C)OC(=O)CCNc1nnc(NC(=O)/C=C/c2ccccc2)s1. The molecule has 0 saturated heterocycles. The van der Waals surface area contributed by atoms with Gasteiger partial charge in [0, 0.05) is 12.6 Å².